The van der Waals surface area contributed by atoms with E-state index in [9.17, 15) is 18.2 Å². The first-order valence-corrected chi connectivity index (χ1v) is 11.4. The van der Waals surface area contributed by atoms with E-state index in [1.807, 2.05) is 17.9 Å². The normalized spacial score (nSPS) is 20.3. The molecule has 2 aliphatic rings. The number of urea groups is 1. The second-order valence-electron chi connectivity index (χ2n) is 7.79. The highest BCUT2D eigenvalue weighted by Crippen LogP contribution is 2.37. The zero-order chi connectivity index (χ0) is 21.3. The van der Waals surface area contributed by atoms with Crippen LogP contribution >= 0.6 is 0 Å². The first-order valence-electron chi connectivity index (χ1n) is 9.89. The Morgan fingerprint density at radius 3 is 2.34 bits per heavy atom. The Labute approximate surface area is 174 Å². The molecule has 0 aliphatic carbocycles. The van der Waals surface area contributed by atoms with E-state index < -0.39 is 16.5 Å². The van der Waals surface area contributed by atoms with Crippen LogP contribution in [0.1, 0.15) is 31.7 Å². The van der Waals surface area contributed by atoms with Crippen molar-refractivity contribution in [3.63, 3.8) is 0 Å². The van der Waals surface area contributed by atoms with E-state index in [4.69, 9.17) is 0 Å². The maximum atomic E-state index is 14.7. The fourth-order valence-corrected chi connectivity index (χ4v) is 4.99. The van der Waals surface area contributed by atoms with Crippen LogP contribution in [0, 0.1) is 5.82 Å². The van der Waals surface area contributed by atoms with Crippen molar-refractivity contribution in [2.24, 2.45) is 0 Å². The van der Waals surface area contributed by atoms with E-state index in [2.05, 4.69) is 0 Å². The molecule has 3 amide bonds. The highest BCUT2D eigenvalue weighted by molar-refractivity contribution is 7.81. The lowest BCUT2D eigenvalue weighted by Crippen LogP contribution is -2.55. The minimum absolute atomic E-state index is 0.158. The predicted octanol–water partition coefficient (Wildman–Crippen LogP) is 2.19. The first-order chi connectivity index (χ1) is 13.7. The van der Waals surface area contributed by atoms with Gasteiger partial charge in [-0.25, -0.2) is 17.7 Å². The minimum Gasteiger partial charge on any atom is -0.371 e. The molecule has 1 aromatic rings. The number of benzene rings is 1. The molecule has 3 rings (SSSR count). The molecular formula is C20H29FN4O3S. The molecule has 0 radical (unpaired) electrons. The van der Waals surface area contributed by atoms with Gasteiger partial charge in [0.25, 0.3) is 5.91 Å². The zero-order valence-corrected chi connectivity index (χ0v) is 18.3. The van der Waals surface area contributed by atoms with Gasteiger partial charge in [-0.2, -0.15) is 0 Å². The van der Waals surface area contributed by atoms with E-state index in [0.717, 1.165) is 12.1 Å². The number of imide groups is 1. The number of nitrogens with zero attached hydrogens (tertiary/aromatic N) is 4. The molecule has 0 bridgehead atoms. The molecule has 2 fully saturated rings. The Balaban J connectivity index is 1.70. The third-order valence-electron chi connectivity index (χ3n) is 6.09. The third kappa shape index (κ3) is 3.90. The number of likely N-dealkylation sites (N-methyl/N-ethyl adjacent to an activating group) is 2. The van der Waals surface area contributed by atoms with Gasteiger partial charge in [0.1, 0.15) is 11.4 Å². The van der Waals surface area contributed by atoms with Crippen LogP contribution in [-0.2, 0) is 22.3 Å². The molecule has 7 nitrogen and oxygen atoms in total. The van der Waals surface area contributed by atoms with E-state index in [0.29, 0.717) is 44.6 Å². The summed E-state index contributed by atoms with van der Waals surface area (Å²) in [4.78, 5) is 29.5. The van der Waals surface area contributed by atoms with Crippen LogP contribution in [0.4, 0.5) is 14.9 Å². The van der Waals surface area contributed by atoms with Gasteiger partial charge in [-0.15, -0.1) is 0 Å². The maximum Gasteiger partial charge on any atom is 0.327 e. The molecule has 1 spiro atoms. The van der Waals surface area contributed by atoms with Crippen molar-refractivity contribution in [1.82, 2.24) is 14.1 Å². The van der Waals surface area contributed by atoms with Crippen LogP contribution < -0.4 is 4.90 Å². The van der Waals surface area contributed by atoms with E-state index in [1.54, 1.807) is 28.6 Å². The van der Waals surface area contributed by atoms with Gasteiger partial charge in [0.15, 0.2) is 0 Å². The summed E-state index contributed by atoms with van der Waals surface area (Å²) >= 11 is 0. The molecule has 0 N–H and O–H groups in total. The number of rotatable bonds is 6. The number of carbonyl (C=O) groups is 2. The summed E-state index contributed by atoms with van der Waals surface area (Å²) in [6, 6.07) is 4.85. The van der Waals surface area contributed by atoms with Crippen molar-refractivity contribution in [2.45, 2.75) is 38.3 Å². The van der Waals surface area contributed by atoms with E-state index >= 15 is 0 Å². The van der Waals surface area contributed by atoms with Crippen LogP contribution in [0.2, 0.25) is 0 Å². The molecule has 0 aromatic heterocycles. The van der Waals surface area contributed by atoms with Crippen molar-refractivity contribution in [2.75, 3.05) is 44.9 Å². The number of anilines is 1. The van der Waals surface area contributed by atoms with Crippen molar-refractivity contribution >= 4 is 28.6 Å². The summed E-state index contributed by atoms with van der Waals surface area (Å²) < 4.78 is 28.3. The summed E-state index contributed by atoms with van der Waals surface area (Å²) in [5, 5.41) is 0. The molecule has 2 aliphatic heterocycles. The van der Waals surface area contributed by atoms with Gasteiger partial charge in [0.05, 0.1) is 11.0 Å². The lowest BCUT2D eigenvalue weighted by Gasteiger charge is -2.41. The van der Waals surface area contributed by atoms with Gasteiger partial charge in [0, 0.05) is 57.8 Å². The molecule has 2 heterocycles. The average Bonchev–Trinajstić information content (AvgIpc) is 2.85. The number of carbonyl (C=O) groups excluding carboxylic acids is 2. The molecule has 9 heteroatoms. The minimum atomic E-state index is -1.15. The summed E-state index contributed by atoms with van der Waals surface area (Å²) in [6.45, 7) is 4.08. The Kier molecular flexibility index (Phi) is 6.28. The van der Waals surface area contributed by atoms with Gasteiger partial charge in [-0.05, 0) is 31.4 Å². The summed E-state index contributed by atoms with van der Waals surface area (Å²) in [5.41, 5.74) is 0.490. The molecule has 1 unspecified atom stereocenters. The number of amides is 3. The standard InChI is InChI=1S/C20H29FN4O3S/c1-5-10-25(29(4)28)14-15-6-7-16(13-17(15)21)24-11-8-20(9-12-24)18(26)22(2)19(27)23(20)3/h6-7,13H,5,8-12,14H2,1-4H3. The smallest absolute Gasteiger partial charge is 0.327 e. The Hall–Kier alpha value is -2.00. The molecular weight excluding hydrogens is 395 g/mol. The van der Waals surface area contributed by atoms with Gasteiger partial charge in [0.2, 0.25) is 0 Å². The van der Waals surface area contributed by atoms with Crippen molar-refractivity contribution in [3.8, 4) is 0 Å². The lowest BCUT2D eigenvalue weighted by atomic mass is 9.86. The van der Waals surface area contributed by atoms with E-state index in [-0.39, 0.29) is 17.8 Å². The Morgan fingerprint density at radius 2 is 1.86 bits per heavy atom. The van der Waals surface area contributed by atoms with Gasteiger partial charge >= 0.3 is 6.03 Å². The Bertz CT molecular complexity index is 826. The summed E-state index contributed by atoms with van der Waals surface area (Å²) in [5.74, 6) is -0.479. The lowest BCUT2D eigenvalue weighted by molar-refractivity contribution is -0.133. The monoisotopic (exact) mass is 424 g/mol. The maximum absolute atomic E-state index is 14.7. The van der Waals surface area contributed by atoms with E-state index in [1.165, 1.54) is 18.0 Å². The van der Waals surface area contributed by atoms with Crippen LogP contribution in [0.5, 0.6) is 0 Å². The van der Waals surface area contributed by atoms with Crippen LogP contribution in [0.3, 0.4) is 0 Å². The summed E-state index contributed by atoms with van der Waals surface area (Å²) in [7, 11) is 2.04. The second-order valence-corrected chi connectivity index (χ2v) is 9.15. The number of hydrogen-bond donors (Lipinski definition) is 0. The zero-order valence-electron chi connectivity index (χ0n) is 17.5. The van der Waals surface area contributed by atoms with Crippen molar-refractivity contribution in [1.29, 1.82) is 0 Å². The second kappa shape index (κ2) is 8.39. The number of piperidine rings is 1. The molecule has 29 heavy (non-hydrogen) atoms. The Morgan fingerprint density at radius 1 is 1.21 bits per heavy atom. The third-order valence-corrected chi connectivity index (χ3v) is 7.13. The summed E-state index contributed by atoms with van der Waals surface area (Å²) in [6.07, 6.45) is 3.48. The highest BCUT2D eigenvalue weighted by Gasteiger charge is 2.55. The molecule has 0 saturated carbocycles. The van der Waals surface area contributed by atoms with Gasteiger partial charge in [-0.1, -0.05) is 13.0 Å². The number of hydrogen-bond acceptors (Lipinski definition) is 4. The molecule has 2 saturated heterocycles. The molecule has 160 valence electrons. The molecule has 1 aromatic carbocycles. The first kappa shape index (κ1) is 21.7. The van der Waals surface area contributed by atoms with Gasteiger partial charge < -0.3 is 9.80 Å². The number of halogens is 1. The molecule has 1 atom stereocenters. The van der Waals surface area contributed by atoms with Crippen molar-refractivity contribution < 1.29 is 18.2 Å². The quantitative estimate of drug-likeness (QED) is 0.657. The predicted molar refractivity (Wildman–Crippen MR) is 111 cm³/mol. The highest BCUT2D eigenvalue weighted by atomic mass is 32.2. The fraction of sp³-hybridized carbons (Fsp3) is 0.600. The topological polar surface area (TPSA) is 64.2 Å². The average molecular weight is 425 g/mol. The van der Waals surface area contributed by atoms with Crippen LogP contribution in [0.15, 0.2) is 18.2 Å². The SMILES string of the molecule is CCCN(Cc1ccc(N2CCC3(CC2)C(=O)N(C)C(=O)N3C)cc1F)S(C)=O. The van der Waals surface area contributed by atoms with Crippen LogP contribution in [0.25, 0.3) is 0 Å². The van der Waals surface area contributed by atoms with Crippen molar-refractivity contribution in [3.05, 3.63) is 29.6 Å². The van der Waals surface area contributed by atoms with Crippen LogP contribution in [-0.4, -0.2) is 75.8 Å². The van der Waals surface area contributed by atoms with Gasteiger partial charge in [-0.3, -0.25) is 9.69 Å². The largest absolute Gasteiger partial charge is 0.371 e. The fourth-order valence-electron chi connectivity index (χ4n) is 4.23.